The van der Waals surface area contributed by atoms with E-state index in [0.29, 0.717) is 29.4 Å². The lowest BCUT2D eigenvalue weighted by Gasteiger charge is -2.01. The molecule has 0 amide bonds. The summed E-state index contributed by atoms with van der Waals surface area (Å²) in [6.45, 7) is 0. The average molecular weight is 282 g/mol. The Morgan fingerprint density at radius 1 is 1.24 bits per heavy atom. The highest BCUT2D eigenvalue weighted by molar-refractivity contribution is 5.57. The fraction of sp³-hybridized carbons (Fsp3) is 0.133. The Labute approximate surface area is 121 Å². The number of aromatic nitrogens is 3. The second-order valence-corrected chi connectivity index (χ2v) is 4.55. The topological polar surface area (TPSA) is 87.1 Å². The first-order valence-electron chi connectivity index (χ1n) is 6.41. The first-order chi connectivity index (χ1) is 10.2. The van der Waals surface area contributed by atoms with Crippen LogP contribution in [0, 0.1) is 0 Å². The minimum absolute atomic E-state index is 0.410. The molecular formula is C15H14N4O2. The van der Waals surface area contributed by atoms with Crippen molar-refractivity contribution in [2.45, 2.75) is 6.42 Å². The third-order valence-electron chi connectivity index (χ3n) is 2.97. The van der Waals surface area contributed by atoms with E-state index in [-0.39, 0.29) is 0 Å². The Kier molecular flexibility index (Phi) is 3.51. The number of hydrogen-bond acceptors (Lipinski definition) is 6. The van der Waals surface area contributed by atoms with Gasteiger partial charge in [-0.15, -0.1) is 0 Å². The number of pyridine rings is 1. The summed E-state index contributed by atoms with van der Waals surface area (Å²) in [5.74, 6) is 1.81. The second kappa shape index (κ2) is 5.62. The molecule has 3 rings (SSSR count). The molecule has 0 fully saturated rings. The SMILES string of the molecule is COc1cccc(Cc2noc(-c3cncc(N)c3)n2)c1. The van der Waals surface area contributed by atoms with Gasteiger partial charge in [0.25, 0.3) is 5.89 Å². The number of methoxy groups -OCH3 is 1. The average Bonchev–Trinajstić information content (AvgIpc) is 2.96. The normalized spacial score (nSPS) is 10.5. The fourth-order valence-corrected chi connectivity index (χ4v) is 1.98. The highest BCUT2D eigenvalue weighted by atomic mass is 16.5. The van der Waals surface area contributed by atoms with Gasteiger partial charge >= 0.3 is 0 Å². The summed E-state index contributed by atoms with van der Waals surface area (Å²) in [4.78, 5) is 8.37. The molecule has 2 heterocycles. The molecule has 0 radical (unpaired) electrons. The van der Waals surface area contributed by atoms with Crippen LogP contribution in [-0.4, -0.2) is 22.2 Å². The Morgan fingerprint density at radius 3 is 2.95 bits per heavy atom. The Balaban J connectivity index is 1.81. The van der Waals surface area contributed by atoms with E-state index in [1.165, 1.54) is 0 Å². The van der Waals surface area contributed by atoms with Gasteiger partial charge in [0.15, 0.2) is 5.82 Å². The van der Waals surface area contributed by atoms with E-state index >= 15 is 0 Å². The van der Waals surface area contributed by atoms with Gasteiger partial charge in [-0.05, 0) is 23.8 Å². The Bertz CT molecular complexity index is 755. The number of rotatable bonds is 4. The molecule has 1 aromatic carbocycles. The highest BCUT2D eigenvalue weighted by Crippen LogP contribution is 2.20. The number of nitrogens with zero attached hydrogens (tertiary/aromatic N) is 3. The van der Waals surface area contributed by atoms with Crippen LogP contribution in [0.3, 0.4) is 0 Å². The van der Waals surface area contributed by atoms with Gasteiger partial charge in [0, 0.05) is 18.8 Å². The molecule has 0 spiro atoms. The molecule has 106 valence electrons. The lowest BCUT2D eigenvalue weighted by Crippen LogP contribution is -1.92. The van der Waals surface area contributed by atoms with Crippen LogP contribution in [0.5, 0.6) is 5.75 Å². The number of benzene rings is 1. The van der Waals surface area contributed by atoms with Crippen LogP contribution >= 0.6 is 0 Å². The largest absolute Gasteiger partial charge is 0.497 e. The minimum Gasteiger partial charge on any atom is -0.497 e. The monoisotopic (exact) mass is 282 g/mol. The van der Waals surface area contributed by atoms with Crippen LogP contribution in [0.4, 0.5) is 5.69 Å². The summed E-state index contributed by atoms with van der Waals surface area (Å²) in [5, 5.41) is 3.98. The van der Waals surface area contributed by atoms with Gasteiger partial charge in [-0.3, -0.25) is 4.98 Å². The van der Waals surface area contributed by atoms with Gasteiger partial charge in [-0.25, -0.2) is 0 Å². The first kappa shape index (κ1) is 13.1. The highest BCUT2D eigenvalue weighted by Gasteiger charge is 2.10. The zero-order valence-electron chi connectivity index (χ0n) is 11.5. The van der Waals surface area contributed by atoms with Crippen LogP contribution < -0.4 is 10.5 Å². The maximum absolute atomic E-state index is 5.69. The molecule has 2 aromatic heterocycles. The lowest BCUT2D eigenvalue weighted by molar-refractivity contribution is 0.414. The summed E-state index contributed by atoms with van der Waals surface area (Å²) < 4.78 is 10.4. The van der Waals surface area contributed by atoms with Crippen molar-refractivity contribution >= 4 is 5.69 Å². The number of anilines is 1. The second-order valence-electron chi connectivity index (χ2n) is 4.55. The van der Waals surface area contributed by atoms with Gasteiger partial charge in [0.05, 0.1) is 18.4 Å². The van der Waals surface area contributed by atoms with Crippen molar-refractivity contribution in [1.82, 2.24) is 15.1 Å². The van der Waals surface area contributed by atoms with E-state index < -0.39 is 0 Å². The molecule has 21 heavy (non-hydrogen) atoms. The quantitative estimate of drug-likeness (QED) is 0.790. The van der Waals surface area contributed by atoms with E-state index in [0.717, 1.165) is 11.3 Å². The number of nitrogen functional groups attached to an aromatic ring is 1. The van der Waals surface area contributed by atoms with Crippen molar-refractivity contribution in [3.05, 3.63) is 54.1 Å². The van der Waals surface area contributed by atoms with Crippen LogP contribution in [0.1, 0.15) is 11.4 Å². The zero-order valence-corrected chi connectivity index (χ0v) is 11.5. The number of ether oxygens (including phenoxy) is 1. The zero-order chi connectivity index (χ0) is 14.7. The summed E-state index contributed by atoms with van der Waals surface area (Å²) in [5.41, 5.74) is 8.00. The van der Waals surface area contributed by atoms with E-state index in [4.69, 9.17) is 15.0 Å². The Hall–Kier alpha value is -2.89. The van der Waals surface area contributed by atoms with Crippen LogP contribution in [0.25, 0.3) is 11.5 Å². The van der Waals surface area contributed by atoms with Crippen molar-refractivity contribution in [2.24, 2.45) is 0 Å². The fourth-order valence-electron chi connectivity index (χ4n) is 1.98. The van der Waals surface area contributed by atoms with Crippen LogP contribution in [-0.2, 0) is 6.42 Å². The Morgan fingerprint density at radius 2 is 2.14 bits per heavy atom. The molecule has 0 aliphatic rings. The van der Waals surface area contributed by atoms with Gasteiger partial charge < -0.3 is 15.0 Å². The van der Waals surface area contributed by atoms with Crippen molar-refractivity contribution in [3.8, 4) is 17.2 Å². The predicted molar refractivity (Wildman–Crippen MR) is 77.7 cm³/mol. The van der Waals surface area contributed by atoms with Crippen molar-refractivity contribution in [3.63, 3.8) is 0 Å². The molecule has 0 unspecified atom stereocenters. The van der Waals surface area contributed by atoms with Crippen molar-refractivity contribution in [1.29, 1.82) is 0 Å². The molecule has 0 saturated carbocycles. The molecule has 0 aliphatic carbocycles. The summed E-state index contributed by atoms with van der Waals surface area (Å²) in [7, 11) is 1.64. The van der Waals surface area contributed by atoms with E-state index in [1.54, 1.807) is 25.6 Å². The lowest BCUT2D eigenvalue weighted by atomic mass is 10.1. The molecular weight excluding hydrogens is 268 g/mol. The molecule has 2 N–H and O–H groups in total. The van der Waals surface area contributed by atoms with Gasteiger partial charge in [0.2, 0.25) is 0 Å². The smallest absolute Gasteiger partial charge is 0.259 e. The van der Waals surface area contributed by atoms with Crippen molar-refractivity contribution < 1.29 is 9.26 Å². The van der Waals surface area contributed by atoms with Gasteiger partial charge in [-0.2, -0.15) is 4.98 Å². The van der Waals surface area contributed by atoms with E-state index in [9.17, 15) is 0 Å². The summed E-state index contributed by atoms with van der Waals surface area (Å²) in [6, 6.07) is 9.50. The van der Waals surface area contributed by atoms with E-state index in [1.807, 2.05) is 24.3 Å². The molecule has 3 aromatic rings. The first-order valence-corrected chi connectivity index (χ1v) is 6.41. The number of hydrogen-bond donors (Lipinski definition) is 1. The van der Waals surface area contributed by atoms with E-state index in [2.05, 4.69) is 15.1 Å². The minimum atomic E-state index is 0.410. The summed E-state index contributed by atoms with van der Waals surface area (Å²) in [6.07, 6.45) is 3.77. The molecule has 0 atom stereocenters. The van der Waals surface area contributed by atoms with Crippen LogP contribution in [0.15, 0.2) is 47.2 Å². The third kappa shape index (κ3) is 3.00. The standard InChI is InChI=1S/C15H14N4O2/c1-20-13-4-2-3-10(5-13)6-14-18-15(21-19-14)11-7-12(16)9-17-8-11/h2-5,7-9H,6,16H2,1H3. The van der Waals surface area contributed by atoms with Gasteiger partial charge in [-0.1, -0.05) is 17.3 Å². The summed E-state index contributed by atoms with van der Waals surface area (Å²) >= 11 is 0. The third-order valence-corrected chi connectivity index (χ3v) is 2.97. The predicted octanol–water partition coefficient (Wildman–Crippen LogP) is 2.31. The van der Waals surface area contributed by atoms with Crippen LogP contribution in [0.2, 0.25) is 0 Å². The maximum Gasteiger partial charge on any atom is 0.259 e. The maximum atomic E-state index is 5.69. The van der Waals surface area contributed by atoms with Crippen molar-refractivity contribution in [2.75, 3.05) is 12.8 Å². The number of nitrogens with two attached hydrogens (primary N) is 1. The molecule has 0 saturated heterocycles. The molecule has 0 bridgehead atoms. The van der Waals surface area contributed by atoms with Gasteiger partial charge in [0.1, 0.15) is 5.75 Å². The molecule has 6 heteroatoms. The molecule has 6 nitrogen and oxygen atoms in total. The molecule has 0 aliphatic heterocycles.